The lowest BCUT2D eigenvalue weighted by Crippen LogP contribution is -2.01. The summed E-state index contributed by atoms with van der Waals surface area (Å²) in [7, 11) is -3.05. The van der Waals surface area contributed by atoms with Gasteiger partial charge in [-0.05, 0) is 17.5 Å². The molecule has 4 heteroatoms. The molecule has 0 heterocycles. The van der Waals surface area contributed by atoms with Gasteiger partial charge in [-0.2, -0.15) is 0 Å². The van der Waals surface area contributed by atoms with Gasteiger partial charge < -0.3 is 9.05 Å². The fourth-order valence-corrected chi connectivity index (χ4v) is 3.51. The second-order valence-electron chi connectivity index (χ2n) is 4.85. The van der Waals surface area contributed by atoms with Gasteiger partial charge in [0.05, 0.1) is 13.2 Å². The molecule has 3 nitrogen and oxygen atoms in total. The Morgan fingerprint density at radius 3 is 1.62 bits per heavy atom. The van der Waals surface area contributed by atoms with Crippen LogP contribution in [0, 0.1) is 0 Å². The van der Waals surface area contributed by atoms with Gasteiger partial charge in [-0.3, -0.25) is 4.57 Å². The first kappa shape index (κ1) is 16.0. The van der Waals surface area contributed by atoms with E-state index in [2.05, 4.69) is 0 Å². The zero-order valence-corrected chi connectivity index (χ0v) is 13.2. The molecule has 0 aliphatic carbocycles. The highest BCUT2D eigenvalue weighted by Crippen LogP contribution is 2.50. The zero-order valence-electron chi connectivity index (χ0n) is 12.3. The molecule has 112 valence electrons. The van der Waals surface area contributed by atoms with Crippen LogP contribution in [0.3, 0.4) is 0 Å². The van der Waals surface area contributed by atoms with E-state index in [9.17, 15) is 4.57 Å². The minimum absolute atomic E-state index is 0.312. The van der Waals surface area contributed by atoms with Crippen molar-refractivity contribution < 1.29 is 13.6 Å². The summed E-state index contributed by atoms with van der Waals surface area (Å²) in [6.07, 6.45) is 1.20. The normalized spacial score (nSPS) is 11.5. The van der Waals surface area contributed by atoms with E-state index in [0.29, 0.717) is 19.4 Å². The van der Waals surface area contributed by atoms with E-state index in [1.165, 1.54) is 0 Å². The topological polar surface area (TPSA) is 35.5 Å². The lowest BCUT2D eigenvalue weighted by atomic mass is 10.2. The van der Waals surface area contributed by atoms with Gasteiger partial charge in [0, 0.05) is 6.16 Å². The maximum absolute atomic E-state index is 12.7. The number of rotatable bonds is 8. The molecule has 0 radical (unpaired) electrons. The molecule has 0 atom stereocenters. The molecule has 0 saturated carbocycles. The van der Waals surface area contributed by atoms with Crippen LogP contribution in [0.1, 0.15) is 24.5 Å². The van der Waals surface area contributed by atoms with E-state index in [1.807, 2.05) is 67.6 Å². The summed E-state index contributed by atoms with van der Waals surface area (Å²) in [4.78, 5) is 0. The highest BCUT2D eigenvalue weighted by atomic mass is 31.2. The molecule has 0 amide bonds. The molecule has 21 heavy (non-hydrogen) atoms. The lowest BCUT2D eigenvalue weighted by molar-refractivity contribution is 0.191. The van der Waals surface area contributed by atoms with Crippen molar-refractivity contribution in [3.8, 4) is 0 Å². The van der Waals surface area contributed by atoms with Crippen molar-refractivity contribution >= 4 is 7.60 Å². The van der Waals surface area contributed by atoms with Crippen molar-refractivity contribution in [2.75, 3.05) is 6.16 Å². The van der Waals surface area contributed by atoms with Gasteiger partial charge in [-0.15, -0.1) is 0 Å². The van der Waals surface area contributed by atoms with E-state index in [0.717, 1.165) is 17.5 Å². The second kappa shape index (κ2) is 8.14. The average Bonchev–Trinajstić information content (AvgIpc) is 2.54. The Morgan fingerprint density at radius 2 is 1.24 bits per heavy atom. The van der Waals surface area contributed by atoms with Crippen molar-refractivity contribution in [2.24, 2.45) is 0 Å². The van der Waals surface area contributed by atoms with Crippen molar-refractivity contribution in [3.05, 3.63) is 71.8 Å². The zero-order chi connectivity index (χ0) is 15.0. The Hall–Kier alpha value is -1.41. The van der Waals surface area contributed by atoms with Gasteiger partial charge in [0.1, 0.15) is 0 Å². The van der Waals surface area contributed by atoms with Crippen LogP contribution >= 0.6 is 7.60 Å². The highest BCUT2D eigenvalue weighted by molar-refractivity contribution is 7.53. The van der Waals surface area contributed by atoms with Gasteiger partial charge in [0.25, 0.3) is 0 Å². The molecule has 0 spiro atoms. The van der Waals surface area contributed by atoms with E-state index >= 15 is 0 Å². The summed E-state index contributed by atoms with van der Waals surface area (Å²) >= 11 is 0. The van der Waals surface area contributed by atoms with Crippen molar-refractivity contribution in [1.82, 2.24) is 0 Å². The largest absolute Gasteiger partial charge is 0.331 e. The number of hydrogen-bond donors (Lipinski definition) is 0. The molecule has 0 saturated heterocycles. The van der Waals surface area contributed by atoms with Crippen LogP contribution in [0.5, 0.6) is 0 Å². The van der Waals surface area contributed by atoms with Gasteiger partial charge in [0.15, 0.2) is 0 Å². The van der Waals surface area contributed by atoms with Gasteiger partial charge in [-0.1, -0.05) is 67.6 Å². The Kier molecular flexibility index (Phi) is 6.19. The quantitative estimate of drug-likeness (QED) is 0.642. The van der Waals surface area contributed by atoms with Crippen LogP contribution in [-0.4, -0.2) is 6.16 Å². The maximum Gasteiger partial charge on any atom is 0.331 e. The fraction of sp³-hybridized carbons (Fsp3) is 0.294. The Balaban J connectivity index is 1.94. The molecule has 0 aliphatic rings. The number of benzene rings is 2. The van der Waals surface area contributed by atoms with Crippen molar-refractivity contribution in [1.29, 1.82) is 0 Å². The Labute approximate surface area is 126 Å². The van der Waals surface area contributed by atoms with E-state index in [-0.39, 0.29) is 0 Å². The molecule has 0 aromatic heterocycles. The Morgan fingerprint density at radius 1 is 0.810 bits per heavy atom. The number of hydrogen-bond acceptors (Lipinski definition) is 3. The predicted molar refractivity (Wildman–Crippen MR) is 85.2 cm³/mol. The van der Waals surface area contributed by atoms with E-state index in [4.69, 9.17) is 9.05 Å². The molecular formula is C17H21O3P. The Bertz CT molecular complexity index is 522. The van der Waals surface area contributed by atoms with Crippen LogP contribution in [0.2, 0.25) is 0 Å². The lowest BCUT2D eigenvalue weighted by Gasteiger charge is -2.18. The monoisotopic (exact) mass is 304 g/mol. The smallest absolute Gasteiger partial charge is 0.304 e. The molecule has 2 aromatic rings. The average molecular weight is 304 g/mol. The van der Waals surface area contributed by atoms with Crippen LogP contribution in [0.15, 0.2) is 60.7 Å². The van der Waals surface area contributed by atoms with E-state index < -0.39 is 7.60 Å². The molecule has 0 bridgehead atoms. The van der Waals surface area contributed by atoms with Crippen molar-refractivity contribution in [2.45, 2.75) is 26.6 Å². The van der Waals surface area contributed by atoms with Crippen LogP contribution in [0.25, 0.3) is 0 Å². The molecule has 0 fully saturated rings. The summed E-state index contributed by atoms with van der Waals surface area (Å²) < 4.78 is 23.9. The fourth-order valence-electron chi connectivity index (χ4n) is 1.93. The molecule has 2 rings (SSSR count). The van der Waals surface area contributed by atoms with Gasteiger partial charge in [0.2, 0.25) is 0 Å². The predicted octanol–water partition coefficient (Wildman–Crippen LogP) is 5.02. The van der Waals surface area contributed by atoms with Gasteiger partial charge >= 0.3 is 7.60 Å². The summed E-state index contributed by atoms with van der Waals surface area (Å²) in [5.41, 5.74) is 1.99. The molecule has 0 aliphatic heterocycles. The van der Waals surface area contributed by atoms with E-state index in [1.54, 1.807) is 0 Å². The summed E-state index contributed by atoms with van der Waals surface area (Å²) in [6, 6.07) is 19.5. The summed E-state index contributed by atoms with van der Waals surface area (Å²) in [5.74, 6) is 0. The first-order valence-electron chi connectivity index (χ1n) is 7.18. The standard InChI is InChI=1S/C17H21O3P/c1-2-13-21(18,19-14-16-9-5-3-6-10-16)20-15-17-11-7-4-8-12-17/h3-12H,2,13-15H2,1H3. The molecule has 0 N–H and O–H groups in total. The van der Waals surface area contributed by atoms with Crippen LogP contribution in [-0.2, 0) is 26.8 Å². The van der Waals surface area contributed by atoms with Crippen LogP contribution in [0.4, 0.5) is 0 Å². The maximum atomic E-state index is 12.7. The summed E-state index contributed by atoms with van der Waals surface area (Å²) in [6.45, 7) is 2.60. The second-order valence-corrected chi connectivity index (χ2v) is 7.04. The molecular weight excluding hydrogens is 283 g/mol. The first-order chi connectivity index (χ1) is 10.2. The summed E-state index contributed by atoms with van der Waals surface area (Å²) in [5, 5.41) is 0. The minimum atomic E-state index is -3.05. The van der Waals surface area contributed by atoms with Gasteiger partial charge in [-0.25, -0.2) is 0 Å². The first-order valence-corrected chi connectivity index (χ1v) is 8.90. The molecule has 0 unspecified atom stereocenters. The third-order valence-corrected chi connectivity index (χ3v) is 5.08. The third-order valence-electron chi connectivity index (χ3n) is 3.04. The third kappa shape index (κ3) is 5.47. The molecule has 2 aromatic carbocycles. The highest BCUT2D eigenvalue weighted by Gasteiger charge is 2.23. The van der Waals surface area contributed by atoms with Crippen molar-refractivity contribution in [3.63, 3.8) is 0 Å². The van der Waals surface area contributed by atoms with Crippen LogP contribution < -0.4 is 0 Å². The SMILES string of the molecule is CCCP(=O)(OCc1ccccc1)OCc1ccccc1. The minimum Gasteiger partial charge on any atom is -0.304 e.